The predicted octanol–water partition coefficient (Wildman–Crippen LogP) is 1.86. The molecule has 1 saturated carbocycles. The molecule has 1 N–H and O–H groups in total. The van der Waals surface area contributed by atoms with Crippen LogP contribution >= 0.6 is 0 Å². The minimum absolute atomic E-state index is 0.0932. The van der Waals surface area contributed by atoms with Gasteiger partial charge in [0.05, 0.1) is 11.4 Å². The Morgan fingerprint density at radius 2 is 1.96 bits per heavy atom. The highest BCUT2D eigenvalue weighted by molar-refractivity contribution is 7.89. The van der Waals surface area contributed by atoms with Crippen LogP contribution in [0.5, 0.6) is 0 Å². The number of sulfonamides is 1. The molecule has 0 atom stereocenters. The van der Waals surface area contributed by atoms with Crippen molar-refractivity contribution >= 4 is 22.0 Å². The Labute approximate surface area is 134 Å². The summed E-state index contributed by atoms with van der Waals surface area (Å²) >= 11 is 0. The highest BCUT2D eigenvalue weighted by Crippen LogP contribution is 2.27. The lowest BCUT2D eigenvalue weighted by molar-refractivity contribution is -0.128. The monoisotopic (exact) mass is 344 g/mol. The van der Waals surface area contributed by atoms with E-state index in [1.165, 1.54) is 36.2 Å². The fraction of sp³-hybridized carbons (Fsp3) is 0.400. The fourth-order valence-electron chi connectivity index (χ4n) is 2.09. The fourth-order valence-corrected chi connectivity index (χ4v) is 2.82. The van der Waals surface area contributed by atoms with E-state index in [0.717, 1.165) is 12.8 Å². The van der Waals surface area contributed by atoms with Gasteiger partial charge in [-0.1, -0.05) is 12.1 Å². The van der Waals surface area contributed by atoms with Crippen LogP contribution < -0.4 is 4.72 Å². The van der Waals surface area contributed by atoms with E-state index in [9.17, 15) is 22.0 Å². The quantitative estimate of drug-likeness (QED) is 0.768. The molecule has 0 spiro atoms. The average molecular weight is 344 g/mol. The van der Waals surface area contributed by atoms with Gasteiger partial charge in [0.1, 0.15) is 0 Å². The zero-order valence-corrected chi connectivity index (χ0v) is 13.4. The molecule has 0 unspecified atom stereocenters. The van der Waals surface area contributed by atoms with Crippen molar-refractivity contribution in [1.82, 2.24) is 9.62 Å². The number of hydrogen-bond acceptors (Lipinski definition) is 3. The molecule has 0 saturated heterocycles. The van der Waals surface area contributed by atoms with Crippen molar-refractivity contribution in [2.75, 3.05) is 13.6 Å². The van der Waals surface area contributed by atoms with Crippen LogP contribution in [0.4, 0.5) is 8.78 Å². The Hall–Kier alpha value is -1.80. The molecule has 126 valence electrons. The predicted molar refractivity (Wildman–Crippen MR) is 82.5 cm³/mol. The summed E-state index contributed by atoms with van der Waals surface area (Å²) in [5, 5.41) is 0. The van der Waals surface area contributed by atoms with Crippen LogP contribution in [0, 0.1) is 0 Å². The van der Waals surface area contributed by atoms with Gasteiger partial charge in [0.2, 0.25) is 15.9 Å². The number of rotatable bonds is 7. The summed E-state index contributed by atoms with van der Waals surface area (Å²) in [7, 11) is -2.19. The molecule has 1 amide bonds. The zero-order chi connectivity index (χ0) is 17.0. The number of hydrogen-bond donors (Lipinski definition) is 1. The SMILES string of the molecule is CNS(=O)(=O)c1ccc(/C=C/C(=O)N(CC(F)F)C2CC2)cc1. The third kappa shape index (κ3) is 4.84. The van der Waals surface area contributed by atoms with Gasteiger partial charge in [-0.3, -0.25) is 4.79 Å². The largest absolute Gasteiger partial charge is 0.330 e. The van der Waals surface area contributed by atoms with Crippen molar-refractivity contribution in [3.05, 3.63) is 35.9 Å². The molecule has 0 heterocycles. The first-order valence-electron chi connectivity index (χ1n) is 7.14. The maximum Gasteiger partial charge on any atom is 0.255 e. The van der Waals surface area contributed by atoms with Gasteiger partial charge in [-0.2, -0.15) is 0 Å². The Bertz CT molecular complexity index is 683. The molecule has 0 radical (unpaired) electrons. The van der Waals surface area contributed by atoms with Crippen molar-refractivity contribution in [3.63, 3.8) is 0 Å². The molecule has 0 aromatic heterocycles. The van der Waals surface area contributed by atoms with E-state index in [0.29, 0.717) is 5.56 Å². The molecule has 1 aliphatic rings. The Kier molecular flexibility index (Phi) is 5.48. The summed E-state index contributed by atoms with van der Waals surface area (Å²) in [5.74, 6) is -0.459. The van der Waals surface area contributed by atoms with Gasteiger partial charge < -0.3 is 4.90 Å². The maximum absolute atomic E-state index is 12.5. The van der Waals surface area contributed by atoms with E-state index in [1.807, 2.05) is 0 Å². The lowest BCUT2D eigenvalue weighted by Gasteiger charge is -2.20. The van der Waals surface area contributed by atoms with Crippen molar-refractivity contribution in [2.24, 2.45) is 0 Å². The summed E-state index contributed by atoms with van der Waals surface area (Å²) in [6, 6.07) is 5.82. The van der Waals surface area contributed by atoms with Gasteiger partial charge in [-0.15, -0.1) is 0 Å². The first kappa shape index (κ1) is 17.6. The van der Waals surface area contributed by atoms with Gasteiger partial charge in [0.25, 0.3) is 6.43 Å². The highest BCUT2D eigenvalue weighted by Gasteiger charge is 2.33. The summed E-state index contributed by atoms with van der Waals surface area (Å²) in [6.07, 6.45) is 1.67. The van der Waals surface area contributed by atoms with Crippen LogP contribution in [0.25, 0.3) is 6.08 Å². The second-order valence-corrected chi connectivity index (χ2v) is 7.11. The van der Waals surface area contributed by atoms with Gasteiger partial charge in [0.15, 0.2) is 0 Å². The van der Waals surface area contributed by atoms with Gasteiger partial charge >= 0.3 is 0 Å². The second kappa shape index (κ2) is 7.18. The molecule has 1 fully saturated rings. The van der Waals surface area contributed by atoms with E-state index in [1.54, 1.807) is 12.1 Å². The molecule has 0 aliphatic heterocycles. The highest BCUT2D eigenvalue weighted by atomic mass is 32.2. The third-order valence-corrected chi connectivity index (χ3v) is 4.91. The number of alkyl halides is 2. The second-order valence-electron chi connectivity index (χ2n) is 5.22. The molecule has 1 aromatic carbocycles. The summed E-state index contributed by atoms with van der Waals surface area (Å²) in [6.45, 7) is -0.562. The van der Waals surface area contributed by atoms with Crippen LogP contribution in [-0.2, 0) is 14.8 Å². The first-order valence-corrected chi connectivity index (χ1v) is 8.62. The maximum atomic E-state index is 12.5. The van der Waals surface area contributed by atoms with E-state index in [4.69, 9.17) is 0 Å². The zero-order valence-electron chi connectivity index (χ0n) is 12.6. The van der Waals surface area contributed by atoms with Gasteiger partial charge in [-0.05, 0) is 43.7 Å². The number of carbonyl (C=O) groups excluding carboxylic acids is 1. The smallest absolute Gasteiger partial charge is 0.255 e. The molecular formula is C15H18F2N2O3S. The van der Waals surface area contributed by atoms with Crippen molar-refractivity contribution in [3.8, 4) is 0 Å². The lowest BCUT2D eigenvalue weighted by Crippen LogP contribution is -2.35. The number of nitrogens with zero attached hydrogens (tertiary/aromatic N) is 1. The first-order chi connectivity index (χ1) is 10.8. The molecular weight excluding hydrogens is 326 g/mol. The normalized spacial score (nSPS) is 15.3. The molecule has 8 heteroatoms. The van der Waals surface area contributed by atoms with Crippen LogP contribution in [-0.4, -0.2) is 45.3 Å². The van der Waals surface area contributed by atoms with E-state index in [2.05, 4.69) is 4.72 Å². The number of amides is 1. The number of carbonyl (C=O) groups is 1. The minimum atomic E-state index is -3.51. The Morgan fingerprint density at radius 1 is 1.35 bits per heavy atom. The minimum Gasteiger partial charge on any atom is -0.330 e. The molecule has 2 rings (SSSR count). The summed E-state index contributed by atoms with van der Waals surface area (Å²) in [5.41, 5.74) is 0.612. The molecule has 1 aromatic rings. The molecule has 1 aliphatic carbocycles. The third-order valence-electron chi connectivity index (χ3n) is 3.48. The Morgan fingerprint density at radius 3 is 2.43 bits per heavy atom. The van der Waals surface area contributed by atoms with E-state index < -0.39 is 28.9 Å². The molecule has 23 heavy (non-hydrogen) atoms. The van der Waals surface area contributed by atoms with Gasteiger partial charge in [-0.25, -0.2) is 21.9 Å². The van der Waals surface area contributed by atoms with Crippen LogP contribution in [0.1, 0.15) is 18.4 Å². The van der Waals surface area contributed by atoms with Crippen molar-refractivity contribution in [2.45, 2.75) is 30.2 Å². The standard InChI is InChI=1S/C15H18F2N2O3S/c1-18-23(21,22)13-7-2-11(3-8-13)4-9-15(20)19(10-14(16)17)12-5-6-12/h2-4,7-9,12,14,18H,5-6,10H2,1H3/b9-4+. The van der Waals surface area contributed by atoms with E-state index in [-0.39, 0.29) is 10.9 Å². The Balaban J connectivity index is 2.05. The van der Waals surface area contributed by atoms with Crippen molar-refractivity contribution < 1.29 is 22.0 Å². The summed E-state index contributed by atoms with van der Waals surface area (Å²) in [4.78, 5) is 13.3. The average Bonchev–Trinajstić information content (AvgIpc) is 3.35. The van der Waals surface area contributed by atoms with E-state index >= 15 is 0 Å². The number of benzene rings is 1. The van der Waals surface area contributed by atoms with Gasteiger partial charge in [0, 0.05) is 12.1 Å². The lowest BCUT2D eigenvalue weighted by atomic mass is 10.2. The van der Waals surface area contributed by atoms with Crippen molar-refractivity contribution in [1.29, 1.82) is 0 Å². The topological polar surface area (TPSA) is 66.5 Å². The summed E-state index contributed by atoms with van der Waals surface area (Å²) < 4.78 is 50.4. The molecule has 5 nitrogen and oxygen atoms in total. The number of nitrogens with one attached hydrogen (secondary N) is 1. The van der Waals surface area contributed by atoms with Crippen LogP contribution in [0.15, 0.2) is 35.2 Å². The number of halogens is 2. The molecule has 0 bridgehead atoms. The van der Waals surface area contributed by atoms with Crippen LogP contribution in [0.2, 0.25) is 0 Å². The van der Waals surface area contributed by atoms with Crippen LogP contribution in [0.3, 0.4) is 0 Å².